The molecule has 1 atom stereocenters. The lowest BCUT2D eigenvalue weighted by Gasteiger charge is -2.21. The zero-order valence-corrected chi connectivity index (χ0v) is 13.8. The summed E-state index contributed by atoms with van der Waals surface area (Å²) in [5.41, 5.74) is 4.53. The predicted octanol–water partition coefficient (Wildman–Crippen LogP) is 5.22. The van der Waals surface area contributed by atoms with Crippen LogP contribution in [0.1, 0.15) is 16.7 Å². The lowest BCUT2D eigenvalue weighted by Crippen LogP contribution is -2.18. The Kier molecular flexibility index (Phi) is 3.79. The van der Waals surface area contributed by atoms with Gasteiger partial charge in [0.1, 0.15) is 4.95 Å². The van der Waals surface area contributed by atoms with Crippen LogP contribution >= 0.6 is 43.5 Å². The van der Waals surface area contributed by atoms with Crippen LogP contribution in [0.4, 0.5) is 0 Å². The highest BCUT2D eigenvalue weighted by atomic mass is 79.9. The summed E-state index contributed by atoms with van der Waals surface area (Å²) >= 11 is 13.2. The second-order valence-electron chi connectivity index (χ2n) is 4.43. The standard InChI is InChI=1S/C15H10Br2ClN/c16-11-3-1-2-9(6-11)15-13-5-4-12(18)7-10(13)8-14(17)19-15/h1-7,14H,8H2. The zero-order valence-electron chi connectivity index (χ0n) is 9.91. The smallest absolute Gasteiger partial charge is 0.109 e. The number of alkyl halides is 1. The highest BCUT2D eigenvalue weighted by Gasteiger charge is 2.20. The number of halogens is 3. The summed E-state index contributed by atoms with van der Waals surface area (Å²) in [7, 11) is 0. The second kappa shape index (κ2) is 5.39. The zero-order chi connectivity index (χ0) is 13.4. The van der Waals surface area contributed by atoms with Crippen LogP contribution in [0.25, 0.3) is 0 Å². The molecular weight excluding hydrogens is 389 g/mol. The average Bonchev–Trinajstić information content (AvgIpc) is 2.37. The number of benzene rings is 2. The van der Waals surface area contributed by atoms with Gasteiger partial charge in [-0.05, 0) is 29.8 Å². The predicted molar refractivity (Wildman–Crippen MR) is 87.7 cm³/mol. The SMILES string of the molecule is Clc1ccc2c(c1)CC(Br)N=C2c1cccc(Br)c1. The first-order chi connectivity index (χ1) is 9.13. The molecule has 96 valence electrons. The van der Waals surface area contributed by atoms with E-state index in [1.807, 2.05) is 24.3 Å². The fraction of sp³-hybridized carbons (Fsp3) is 0.133. The van der Waals surface area contributed by atoms with Crippen molar-refractivity contribution in [3.05, 3.63) is 68.7 Å². The number of hydrogen-bond donors (Lipinski definition) is 0. The molecule has 1 nitrogen and oxygen atoms in total. The number of aliphatic imine (C=N–C) groups is 1. The number of rotatable bonds is 1. The van der Waals surface area contributed by atoms with Crippen LogP contribution in [-0.2, 0) is 6.42 Å². The molecule has 1 unspecified atom stereocenters. The third-order valence-electron chi connectivity index (χ3n) is 3.08. The highest BCUT2D eigenvalue weighted by molar-refractivity contribution is 9.10. The maximum atomic E-state index is 6.08. The number of nitrogens with zero attached hydrogens (tertiary/aromatic N) is 1. The fourth-order valence-corrected chi connectivity index (χ4v) is 3.41. The molecule has 4 heteroatoms. The molecule has 0 radical (unpaired) electrons. The molecule has 0 aromatic heterocycles. The topological polar surface area (TPSA) is 12.4 Å². The minimum atomic E-state index is 0.104. The molecule has 0 saturated heterocycles. The van der Waals surface area contributed by atoms with Crippen molar-refractivity contribution < 1.29 is 0 Å². The van der Waals surface area contributed by atoms with Crippen molar-refractivity contribution >= 4 is 49.2 Å². The summed E-state index contributed by atoms with van der Waals surface area (Å²) in [6.45, 7) is 0. The molecule has 0 N–H and O–H groups in total. The Balaban J connectivity index is 2.16. The van der Waals surface area contributed by atoms with E-state index in [0.29, 0.717) is 0 Å². The van der Waals surface area contributed by atoms with Gasteiger partial charge in [-0.25, -0.2) is 0 Å². The summed E-state index contributed by atoms with van der Waals surface area (Å²) in [4.78, 5) is 4.84. The molecule has 1 aliphatic heterocycles. The summed E-state index contributed by atoms with van der Waals surface area (Å²) in [5.74, 6) is 0. The van der Waals surface area contributed by atoms with Crippen molar-refractivity contribution in [2.45, 2.75) is 11.4 Å². The van der Waals surface area contributed by atoms with Crippen LogP contribution in [0.3, 0.4) is 0 Å². The Morgan fingerprint density at radius 1 is 1.16 bits per heavy atom. The molecule has 19 heavy (non-hydrogen) atoms. The molecule has 0 aliphatic carbocycles. The normalized spacial score (nSPS) is 17.8. The lowest BCUT2D eigenvalue weighted by molar-refractivity contribution is 0.897. The van der Waals surface area contributed by atoms with Gasteiger partial charge < -0.3 is 0 Å². The maximum absolute atomic E-state index is 6.08. The second-order valence-corrected chi connectivity index (χ2v) is 6.84. The van der Waals surface area contributed by atoms with Crippen molar-refractivity contribution in [1.29, 1.82) is 0 Å². The monoisotopic (exact) mass is 397 g/mol. The molecule has 0 fully saturated rings. The van der Waals surface area contributed by atoms with Gasteiger partial charge in [0, 0.05) is 27.0 Å². The van der Waals surface area contributed by atoms with E-state index >= 15 is 0 Å². The Morgan fingerprint density at radius 3 is 2.79 bits per heavy atom. The Bertz CT molecular complexity index is 667. The third-order valence-corrected chi connectivity index (χ3v) is 4.33. The fourth-order valence-electron chi connectivity index (χ4n) is 2.26. The van der Waals surface area contributed by atoms with Gasteiger partial charge in [0.25, 0.3) is 0 Å². The van der Waals surface area contributed by atoms with Gasteiger partial charge in [-0.3, -0.25) is 4.99 Å². The number of fused-ring (bicyclic) bond motifs is 1. The van der Waals surface area contributed by atoms with Gasteiger partial charge in [0.2, 0.25) is 0 Å². The van der Waals surface area contributed by atoms with Gasteiger partial charge in [-0.1, -0.05) is 61.7 Å². The van der Waals surface area contributed by atoms with E-state index in [0.717, 1.165) is 27.2 Å². The molecular formula is C15H10Br2ClN. The molecule has 0 saturated carbocycles. The Hall–Kier alpha value is -0.640. The first kappa shape index (κ1) is 13.3. The highest BCUT2D eigenvalue weighted by Crippen LogP contribution is 2.28. The first-order valence-electron chi connectivity index (χ1n) is 5.90. The van der Waals surface area contributed by atoms with Crippen LogP contribution in [0, 0.1) is 0 Å². The summed E-state index contributed by atoms with van der Waals surface area (Å²) in [6.07, 6.45) is 0.868. The molecule has 0 bridgehead atoms. The molecule has 1 heterocycles. The van der Waals surface area contributed by atoms with Crippen molar-refractivity contribution in [3.63, 3.8) is 0 Å². The average molecular weight is 400 g/mol. The largest absolute Gasteiger partial charge is 0.269 e. The molecule has 2 aromatic carbocycles. The van der Waals surface area contributed by atoms with E-state index in [1.165, 1.54) is 11.1 Å². The quantitative estimate of drug-likeness (QED) is 0.461. The van der Waals surface area contributed by atoms with Gasteiger partial charge >= 0.3 is 0 Å². The van der Waals surface area contributed by atoms with Crippen LogP contribution in [-0.4, -0.2) is 10.7 Å². The van der Waals surface area contributed by atoms with Gasteiger partial charge in [-0.15, -0.1) is 0 Å². The summed E-state index contributed by atoms with van der Waals surface area (Å²) in [6, 6.07) is 14.2. The summed E-state index contributed by atoms with van der Waals surface area (Å²) < 4.78 is 1.06. The molecule has 0 amide bonds. The van der Waals surface area contributed by atoms with Crippen LogP contribution in [0.5, 0.6) is 0 Å². The molecule has 3 rings (SSSR count). The van der Waals surface area contributed by atoms with Gasteiger partial charge in [-0.2, -0.15) is 0 Å². The van der Waals surface area contributed by atoms with Crippen LogP contribution < -0.4 is 0 Å². The van der Waals surface area contributed by atoms with E-state index in [4.69, 9.17) is 16.6 Å². The molecule has 1 aliphatic rings. The van der Waals surface area contributed by atoms with E-state index in [2.05, 4.69) is 50.1 Å². The van der Waals surface area contributed by atoms with Crippen molar-refractivity contribution in [2.24, 2.45) is 4.99 Å². The minimum Gasteiger partial charge on any atom is -0.269 e. The minimum absolute atomic E-state index is 0.104. The van der Waals surface area contributed by atoms with Crippen LogP contribution in [0.15, 0.2) is 51.9 Å². The van der Waals surface area contributed by atoms with Crippen LogP contribution in [0.2, 0.25) is 5.02 Å². The molecule has 0 spiro atoms. The van der Waals surface area contributed by atoms with Crippen molar-refractivity contribution in [2.75, 3.05) is 0 Å². The third kappa shape index (κ3) is 2.78. The van der Waals surface area contributed by atoms with E-state index in [1.54, 1.807) is 0 Å². The van der Waals surface area contributed by atoms with E-state index in [9.17, 15) is 0 Å². The number of hydrogen-bond acceptors (Lipinski definition) is 1. The van der Waals surface area contributed by atoms with Gasteiger partial charge in [0.15, 0.2) is 0 Å². The van der Waals surface area contributed by atoms with Crippen molar-refractivity contribution in [3.8, 4) is 0 Å². The lowest BCUT2D eigenvalue weighted by atomic mass is 9.93. The first-order valence-corrected chi connectivity index (χ1v) is 7.99. The molecule has 2 aromatic rings. The Labute approximate surface area is 134 Å². The van der Waals surface area contributed by atoms with E-state index < -0.39 is 0 Å². The van der Waals surface area contributed by atoms with E-state index in [-0.39, 0.29) is 4.95 Å². The maximum Gasteiger partial charge on any atom is 0.109 e. The van der Waals surface area contributed by atoms with Crippen molar-refractivity contribution in [1.82, 2.24) is 0 Å². The summed E-state index contributed by atoms with van der Waals surface area (Å²) in [5, 5.41) is 0.772. The Morgan fingerprint density at radius 2 is 2.00 bits per heavy atom. The van der Waals surface area contributed by atoms with Gasteiger partial charge in [0.05, 0.1) is 5.71 Å².